The summed E-state index contributed by atoms with van der Waals surface area (Å²) < 4.78 is 28.5. The molecule has 0 aromatic heterocycles. The Labute approximate surface area is 250 Å². The van der Waals surface area contributed by atoms with Gasteiger partial charge in [-0.3, -0.25) is 4.90 Å². The van der Waals surface area contributed by atoms with Crippen molar-refractivity contribution in [2.45, 2.75) is 38.5 Å². The fourth-order valence-corrected chi connectivity index (χ4v) is 8.36. The minimum atomic E-state index is -3.57. The van der Waals surface area contributed by atoms with Crippen LogP contribution in [0.4, 0.5) is 10.5 Å². The van der Waals surface area contributed by atoms with Crippen LogP contribution in [-0.4, -0.2) is 74.4 Å². The van der Waals surface area contributed by atoms with Gasteiger partial charge in [0, 0.05) is 51.5 Å². The molecule has 3 aromatic carbocycles. The second kappa shape index (κ2) is 11.5. The number of fused-ring (bicyclic) bond motifs is 2. The number of allylic oxidation sites excluding steroid dienone is 1. The lowest BCUT2D eigenvalue weighted by Gasteiger charge is -2.57. The van der Waals surface area contributed by atoms with Gasteiger partial charge in [0.25, 0.3) is 0 Å². The molecule has 2 fully saturated rings. The predicted octanol–water partition coefficient (Wildman–Crippen LogP) is 5.98. The van der Waals surface area contributed by atoms with Gasteiger partial charge < -0.3 is 10.2 Å². The molecule has 3 aromatic rings. The lowest BCUT2D eigenvalue weighted by Crippen LogP contribution is -2.52. The molecule has 7 rings (SSSR count). The van der Waals surface area contributed by atoms with Gasteiger partial charge in [0.05, 0.1) is 4.90 Å². The minimum Gasteiger partial charge on any atom is -0.319 e. The molecule has 2 amide bonds. The Bertz CT molecular complexity index is 1590. The van der Waals surface area contributed by atoms with E-state index in [0.29, 0.717) is 62.0 Å². The maximum atomic E-state index is 13.5. The molecule has 2 unspecified atom stereocenters. The lowest BCUT2D eigenvalue weighted by atomic mass is 9.49. The molecule has 1 saturated carbocycles. The third kappa shape index (κ3) is 5.72. The summed E-state index contributed by atoms with van der Waals surface area (Å²) in [5.74, 6) is 1.29. The second-order valence-electron chi connectivity index (χ2n) is 12.8. The first-order valence-corrected chi connectivity index (χ1v) is 16.6. The van der Waals surface area contributed by atoms with E-state index in [1.807, 2.05) is 66.4 Å². The molecule has 4 aliphatic rings. The van der Waals surface area contributed by atoms with E-state index >= 15 is 0 Å². The van der Waals surface area contributed by atoms with Crippen LogP contribution in [0.3, 0.4) is 0 Å². The number of nitrogens with one attached hydrogen (secondary N) is 1. The number of urea groups is 1. The summed E-state index contributed by atoms with van der Waals surface area (Å²) in [6, 6.07) is 21.0. The zero-order valence-corrected chi connectivity index (χ0v) is 25.7. The molecule has 42 heavy (non-hydrogen) atoms. The fraction of sp³-hybridized carbons (Fsp3) is 0.441. The fourth-order valence-electron chi connectivity index (χ4n) is 6.90. The Balaban J connectivity index is 1.09. The number of aryl methyl sites for hydroxylation is 1. The highest BCUT2D eigenvalue weighted by Gasteiger charge is 2.51. The molecule has 3 aliphatic carbocycles. The molecule has 1 heterocycles. The van der Waals surface area contributed by atoms with Crippen molar-refractivity contribution in [1.29, 1.82) is 0 Å². The molecule has 2 atom stereocenters. The summed E-state index contributed by atoms with van der Waals surface area (Å²) in [5.41, 5.74) is 3.63. The van der Waals surface area contributed by atoms with Crippen LogP contribution < -0.4 is 5.32 Å². The maximum absolute atomic E-state index is 13.5. The van der Waals surface area contributed by atoms with Gasteiger partial charge in [0.15, 0.2) is 0 Å². The number of carbonyl (C=O) groups is 1. The Morgan fingerprint density at radius 3 is 2.38 bits per heavy atom. The smallest absolute Gasteiger partial charge is 0.319 e. The van der Waals surface area contributed by atoms with Gasteiger partial charge in [-0.15, -0.1) is 0 Å². The van der Waals surface area contributed by atoms with Crippen LogP contribution in [0.5, 0.6) is 0 Å². The molecule has 1 aliphatic heterocycles. The number of benzene rings is 3. The number of hydrogen-bond donors (Lipinski definition) is 1. The van der Waals surface area contributed by atoms with E-state index in [4.69, 9.17) is 0 Å². The molecule has 7 nitrogen and oxygen atoms in total. The first-order chi connectivity index (χ1) is 20.1. The summed E-state index contributed by atoms with van der Waals surface area (Å²) >= 11 is 0. The van der Waals surface area contributed by atoms with Gasteiger partial charge in [-0.2, -0.15) is 4.31 Å². The standard InChI is InChI=1S/C34H42N4O3S/c1-25-8-13-30(14-9-25)35-33(39)37(24-28-10-12-29-23-32(28)34(29,2)3)19-16-36-17-20-38(21-18-36)42(40,41)31-15-11-26-6-4-5-7-27(26)22-31/h4-11,13-15,22,29,32H,12,16-21,23-24H2,1-3H3,(H,35,39). The highest BCUT2D eigenvalue weighted by atomic mass is 32.2. The van der Waals surface area contributed by atoms with Gasteiger partial charge >= 0.3 is 6.03 Å². The highest BCUT2D eigenvalue weighted by molar-refractivity contribution is 7.89. The summed E-state index contributed by atoms with van der Waals surface area (Å²) in [6.45, 7) is 10.8. The van der Waals surface area contributed by atoms with Crippen LogP contribution in [0.2, 0.25) is 0 Å². The molecule has 1 saturated heterocycles. The van der Waals surface area contributed by atoms with Crippen molar-refractivity contribution in [2.24, 2.45) is 17.3 Å². The summed E-state index contributed by atoms with van der Waals surface area (Å²) in [4.78, 5) is 18.1. The summed E-state index contributed by atoms with van der Waals surface area (Å²) in [7, 11) is -3.57. The van der Waals surface area contributed by atoms with Crippen molar-refractivity contribution in [3.8, 4) is 0 Å². The Morgan fingerprint density at radius 1 is 0.976 bits per heavy atom. The van der Waals surface area contributed by atoms with Gasteiger partial charge in [-0.25, -0.2) is 13.2 Å². The topological polar surface area (TPSA) is 73.0 Å². The van der Waals surface area contributed by atoms with Crippen LogP contribution in [0, 0.1) is 24.2 Å². The number of anilines is 1. The van der Waals surface area contributed by atoms with Crippen molar-refractivity contribution >= 4 is 32.5 Å². The van der Waals surface area contributed by atoms with Crippen LogP contribution in [0.25, 0.3) is 10.8 Å². The largest absolute Gasteiger partial charge is 0.322 e. The van der Waals surface area contributed by atoms with Crippen LogP contribution in [-0.2, 0) is 10.0 Å². The average Bonchev–Trinajstić information content (AvgIpc) is 3.00. The van der Waals surface area contributed by atoms with Gasteiger partial charge in [-0.05, 0) is 72.1 Å². The molecule has 2 bridgehead atoms. The van der Waals surface area contributed by atoms with E-state index in [9.17, 15) is 13.2 Å². The van der Waals surface area contributed by atoms with Crippen molar-refractivity contribution in [3.63, 3.8) is 0 Å². The summed E-state index contributed by atoms with van der Waals surface area (Å²) in [6.07, 6.45) is 4.69. The molecule has 8 heteroatoms. The van der Waals surface area contributed by atoms with E-state index in [2.05, 4.69) is 30.1 Å². The molecule has 222 valence electrons. The molecule has 0 radical (unpaired) electrons. The summed E-state index contributed by atoms with van der Waals surface area (Å²) in [5, 5.41) is 5.06. The second-order valence-corrected chi connectivity index (χ2v) is 14.7. The first-order valence-electron chi connectivity index (χ1n) is 15.1. The molecule has 1 N–H and O–H groups in total. The number of rotatable bonds is 8. The van der Waals surface area contributed by atoms with Crippen LogP contribution >= 0.6 is 0 Å². The van der Waals surface area contributed by atoms with E-state index in [-0.39, 0.29) is 6.03 Å². The Hall–Kier alpha value is -3.20. The van der Waals surface area contributed by atoms with Crippen molar-refractivity contribution in [3.05, 3.63) is 83.9 Å². The van der Waals surface area contributed by atoms with Gasteiger partial charge in [0.2, 0.25) is 10.0 Å². The van der Waals surface area contributed by atoms with Gasteiger partial charge in [0.1, 0.15) is 0 Å². The number of hydrogen-bond acceptors (Lipinski definition) is 4. The van der Waals surface area contributed by atoms with E-state index in [0.717, 1.165) is 34.4 Å². The van der Waals surface area contributed by atoms with E-state index in [1.54, 1.807) is 16.4 Å². The zero-order valence-electron chi connectivity index (χ0n) is 24.9. The number of sulfonamides is 1. The minimum absolute atomic E-state index is 0.0866. The van der Waals surface area contributed by atoms with Crippen molar-refractivity contribution in [1.82, 2.24) is 14.1 Å². The highest BCUT2D eigenvalue weighted by Crippen LogP contribution is 2.59. The van der Waals surface area contributed by atoms with Crippen molar-refractivity contribution in [2.75, 3.05) is 51.1 Å². The van der Waals surface area contributed by atoms with E-state index < -0.39 is 10.0 Å². The number of nitrogens with zero attached hydrogens (tertiary/aromatic N) is 3. The molecular formula is C34H42N4O3S. The van der Waals surface area contributed by atoms with Crippen molar-refractivity contribution < 1.29 is 13.2 Å². The number of piperazine rings is 1. The monoisotopic (exact) mass is 586 g/mol. The quantitative estimate of drug-likeness (QED) is 0.330. The van der Waals surface area contributed by atoms with Gasteiger partial charge in [-0.1, -0.05) is 73.5 Å². The van der Waals surface area contributed by atoms with E-state index in [1.165, 1.54) is 12.0 Å². The van der Waals surface area contributed by atoms with Crippen LogP contribution in [0.1, 0.15) is 32.3 Å². The maximum Gasteiger partial charge on any atom is 0.322 e. The lowest BCUT2D eigenvalue weighted by molar-refractivity contribution is -0.00967. The molecule has 0 spiro atoms. The third-order valence-electron chi connectivity index (χ3n) is 9.92. The number of amides is 2. The zero-order chi connectivity index (χ0) is 29.5. The first kappa shape index (κ1) is 28.9. The normalized spacial score (nSPS) is 22.3. The average molecular weight is 587 g/mol. The number of carbonyl (C=O) groups excluding carboxylic acids is 1. The Kier molecular flexibility index (Phi) is 7.89. The Morgan fingerprint density at radius 2 is 1.69 bits per heavy atom. The SMILES string of the molecule is Cc1ccc(NC(=O)N(CCN2CCN(S(=O)(=O)c3ccc4ccccc4c3)CC2)CC2=CCC3CC2C3(C)C)cc1. The van der Waals surface area contributed by atoms with Crippen LogP contribution in [0.15, 0.2) is 83.3 Å². The predicted molar refractivity (Wildman–Crippen MR) is 169 cm³/mol. The third-order valence-corrected chi connectivity index (χ3v) is 11.8. The molecular weight excluding hydrogens is 544 g/mol.